The molecular weight excluding hydrogens is 378 g/mol. The van der Waals surface area contributed by atoms with E-state index in [0.29, 0.717) is 16.9 Å². The summed E-state index contributed by atoms with van der Waals surface area (Å²) >= 11 is 0. The van der Waals surface area contributed by atoms with E-state index in [1.165, 1.54) is 11.1 Å². The van der Waals surface area contributed by atoms with Crippen LogP contribution >= 0.6 is 0 Å². The highest BCUT2D eigenvalue weighted by Crippen LogP contribution is 2.29. The Labute approximate surface area is 174 Å². The molecule has 1 aromatic heterocycles. The maximum Gasteiger partial charge on any atom is 0.317 e. The number of nitrogen functional groups attached to an aromatic ring is 1. The molecule has 0 saturated carbocycles. The molecule has 30 heavy (non-hydrogen) atoms. The Balaban J connectivity index is 1.60. The Morgan fingerprint density at radius 1 is 1.23 bits per heavy atom. The summed E-state index contributed by atoms with van der Waals surface area (Å²) in [5.41, 5.74) is 10.3. The predicted molar refractivity (Wildman–Crippen MR) is 115 cm³/mol. The van der Waals surface area contributed by atoms with Gasteiger partial charge in [0.15, 0.2) is 0 Å². The van der Waals surface area contributed by atoms with E-state index in [2.05, 4.69) is 29.3 Å². The van der Waals surface area contributed by atoms with E-state index in [9.17, 15) is 4.79 Å². The van der Waals surface area contributed by atoms with Crippen LogP contribution < -0.4 is 11.1 Å². The molecule has 3 aromatic rings. The van der Waals surface area contributed by atoms with Crippen LogP contribution in [0.5, 0.6) is 0 Å². The van der Waals surface area contributed by atoms with Gasteiger partial charge in [0.05, 0.1) is 6.61 Å². The fourth-order valence-electron chi connectivity index (χ4n) is 3.57. The van der Waals surface area contributed by atoms with Gasteiger partial charge in [0.1, 0.15) is 23.1 Å². The quantitative estimate of drug-likeness (QED) is 0.263. The van der Waals surface area contributed by atoms with Gasteiger partial charge < -0.3 is 20.2 Å². The lowest BCUT2D eigenvalue weighted by Gasteiger charge is -2.10. The number of nitrogens with two attached hydrogens (primary N) is 1. The van der Waals surface area contributed by atoms with Gasteiger partial charge in [-0.05, 0) is 54.4 Å². The van der Waals surface area contributed by atoms with Crippen molar-refractivity contribution in [2.45, 2.75) is 32.4 Å². The molecule has 1 aliphatic heterocycles. The molecule has 0 saturated heterocycles. The maximum atomic E-state index is 12.6. The summed E-state index contributed by atoms with van der Waals surface area (Å²) in [6, 6.07) is 13.2. The van der Waals surface area contributed by atoms with Crippen molar-refractivity contribution in [1.82, 2.24) is 5.32 Å². The van der Waals surface area contributed by atoms with Gasteiger partial charge in [-0.25, -0.2) is 0 Å². The average Bonchev–Trinajstić information content (AvgIpc) is 3.36. The van der Waals surface area contributed by atoms with Crippen molar-refractivity contribution in [1.29, 1.82) is 5.41 Å². The van der Waals surface area contributed by atoms with E-state index < -0.39 is 5.92 Å². The summed E-state index contributed by atoms with van der Waals surface area (Å²) in [4.78, 5) is 12.6. The van der Waals surface area contributed by atoms with E-state index in [1.807, 2.05) is 6.07 Å². The molecule has 0 amide bonds. The van der Waals surface area contributed by atoms with Crippen LogP contribution in [-0.4, -0.2) is 18.4 Å². The number of carbonyl (C=O) groups is 1. The molecular formula is C24H23N3O3. The summed E-state index contributed by atoms with van der Waals surface area (Å²) in [5.74, 6) is 5.77. The van der Waals surface area contributed by atoms with Crippen molar-refractivity contribution >= 4 is 22.8 Å². The van der Waals surface area contributed by atoms with Gasteiger partial charge in [0.2, 0.25) is 0 Å². The van der Waals surface area contributed by atoms with Crippen LogP contribution in [0.25, 0.3) is 11.0 Å². The number of furan rings is 1. The fraction of sp³-hybridized carbons (Fsp3) is 0.250. The van der Waals surface area contributed by atoms with Gasteiger partial charge in [-0.3, -0.25) is 10.2 Å². The van der Waals surface area contributed by atoms with Crippen molar-refractivity contribution in [2.75, 3.05) is 6.61 Å². The highest BCUT2D eigenvalue weighted by molar-refractivity contribution is 5.98. The van der Waals surface area contributed by atoms with Crippen LogP contribution in [0.3, 0.4) is 0 Å². The zero-order valence-corrected chi connectivity index (χ0v) is 16.7. The van der Waals surface area contributed by atoms with Gasteiger partial charge in [-0.15, -0.1) is 0 Å². The summed E-state index contributed by atoms with van der Waals surface area (Å²) in [7, 11) is 0. The third-order valence-corrected chi connectivity index (χ3v) is 5.14. The first-order valence-electron chi connectivity index (χ1n) is 9.91. The minimum absolute atomic E-state index is 0.0167. The first-order valence-corrected chi connectivity index (χ1v) is 9.91. The van der Waals surface area contributed by atoms with Crippen molar-refractivity contribution in [3.05, 3.63) is 70.5 Å². The van der Waals surface area contributed by atoms with Crippen LogP contribution in [0.15, 0.2) is 46.9 Å². The van der Waals surface area contributed by atoms with E-state index in [-0.39, 0.29) is 24.8 Å². The summed E-state index contributed by atoms with van der Waals surface area (Å²) in [6.45, 7) is 3.81. The number of fused-ring (bicyclic) bond motifs is 2. The van der Waals surface area contributed by atoms with Gasteiger partial charge in [-0.2, -0.15) is 0 Å². The standard InChI is InChI=1S/C24H23N3O3/c1-2-29-24(28)20(5-3-4-15-6-7-17-13-27-14-19(17)10-15)22-12-18-11-16(23(25)26)8-9-21(18)30-22/h6-12,20,27H,2,5,13-14H2,1H3,(H3,25,26). The SMILES string of the molecule is CCOC(=O)C(CC#Cc1ccc2c(c1)CNC2)c1cc2cc(C(=N)N)ccc2o1. The molecule has 4 N–H and O–H groups in total. The zero-order chi connectivity index (χ0) is 21.1. The molecule has 6 nitrogen and oxygen atoms in total. The molecule has 0 radical (unpaired) electrons. The summed E-state index contributed by atoms with van der Waals surface area (Å²) in [5, 5.41) is 11.7. The van der Waals surface area contributed by atoms with Gasteiger partial charge in [-0.1, -0.05) is 17.9 Å². The van der Waals surface area contributed by atoms with E-state index >= 15 is 0 Å². The number of hydrogen-bond acceptors (Lipinski definition) is 5. The molecule has 152 valence electrons. The summed E-state index contributed by atoms with van der Waals surface area (Å²) < 4.78 is 11.2. The first-order chi connectivity index (χ1) is 14.5. The molecule has 1 aliphatic rings. The summed E-state index contributed by atoms with van der Waals surface area (Å²) in [6.07, 6.45) is 0.285. The average molecular weight is 401 g/mol. The molecule has 2 heterocycles. The number of carbonyl (C=O) groups excluding carboxylic acids is 1. The number of nitrogens with one attached hydrogen (secondary N) is 2. The lowest BCUT2D eigenvalue weighted by molar-refractivity contribution is -0.145. The Kier molecular flexibility index (Phi) is 5.55. The Morgan fingerprint density at radius 2 is 2.07 bits per heavy atom. The number of hydrogen-bond donors (Lipinski definition) is 3. The molecule has 0 fully saturated rings. The number of amidine groups is 1. The highest BCUT2D eigenvalue weighted by atomic mass is 16.5. The minimum atomic E-state index is -0.623. The molecule has 1 unspecified atom stereocenters. The first kappa shape index (κ1) is 19.7. The van der Waals surface area contributed by atoms with Gasteiger partial charge in [0, 0.05) is 36.0 Å². The predicted octanol–water partition coefficient (Wildman–Crippen LogP) is 3.41. The van der Waals surface area contributed by atoms with Crippen LogP contribution in [-0.2, 0) is 22.6 Å². The van der Waals surface area contributed by atoms with E-state index in [1.54, 1.807) is 31.2 Å². The number of benzene rings is 2. The number of ether oxygens (including phenoxy) is 1. The third-order valence-electron chi connectivity index (χ3n) is 5.14. The monoisotopic (exact) mass is 401 g/mol. The number of rotatable bonds is 5. The lowest BCUT2D eigenvalue weighted by Crippen LogP contribution is -2.15. The second kappa shape index (κ2) is 8.44. The van der Waals surface area contributed by atoms with Crippen LogP contribution in [0.4, 0.5) is 0 Å². The van der Waals surface area contributed by atoms with Gasteiger partial charge in [0.25, 0.3) is 0 Å². The fourth-order valence-corrected chi connectivity index (χ4v) is 3.57. The zero-order valence-electron chi connectivity index (χ0n) is 16.7. The van der Waals surface area contributed by atoms with E-state index in [0.717, 1.165) is 24.0 Å². The van der Waals surface area contributed by atoms with Crippen molar-refractivity contribution in [2.24, 2.45) is 5.73 Å². The molecule has 1 atom stereocenters. The maximum absolute atomic E-state index is 12.6. The normalized spacial score (nSPS) is 13.4. The Hall–Kier alpha value is -3.56. The Morgan fingerprint density at radius 3 is 2.87 bits per heavy atom. The molecule has 0 bridgehead atoms. The van der Waals surface area contributed by atoms with Crippen LogP contribution in [0.1, 0.15) is 47.3 Å². The molecule has 2 aromatic carbocycles. The van der Waals surface area contributed by atoms with Gasteiger partial charge >= 0.3 is 5.97 Å². The van der Waals surface area contributed by atoms with Crippen molar-refractivity contribution < 1.29 is 13.9 Å². The smallest absolute Gasteiger partial charge is 0.317 e. The Bertz CT molecular complexity index is 1180. The second-order valence-electron chi connectivity index (χ2n) is 7.21. The molecule has 6 heteroatoms. The topological polar surface area (TPSA) is 101 Å². The molecule has 0 spiro atoms. The minimum Gasteiger partial charge on any atom is -0.465 e. The van der Waals surface area contributed by atoms with E-state index in [4.69, 9.17) is 20.3 Å². The lowest BCUT2D eigenvalue weighted by atomic mass is 10.0. The largest absolute Gasteiger partial charge is 0.465 e. The number of esters is 1. The third kappa shape index (κ3) is 4.07. The highest BCUT2D eigenvalue weighted by Gasteiger charge is 2.25. The molecule has 4 rings (SSSR count). The van der Waals surface area contributed by atoms with Crippen LogP contribution in [0, 0.1) is 17.3 Å². The van der Waals surface area contributed by atoms with Crippen LogP contribution in [0.2, 0.25) is 0 Å². The van der Waals surface area contributed by atoms with Crippen molar-refractivity contribution in [3.63, 3.8) is 0 Å². The molecule has 0 aliphatic carbocycles. The second-order valence-corrected chi connectivity index (χ2v) is 7.21. The van der Waals surface area contributed by atoms with Crippen molar-refractivity contribution in [3.8, 4) is 11.8 Å².